The van der Waals surface area contributed by atoms with Crippen LogP contribution < -0.4 is 5.73 Å². The Kier molecular flexibility index (Phi) is 42.6. The Labute approximate surface area is 294 Å². The average molecular weight is 657 g/mol. The van der Waals surface area contributed by atoms with Gasteiger partial charge in [-0.25, -0.2) is 0 Å². The fourth-order valence-electron chi connectivity index (χ4n) is 7.33. The van der Waals surface area contributed by atoms with Crippen LogP contribution in [0, 0.1) is 0 Å². The van der Waals surface area contributed by atoms with Gasteiger partial charge in [0.15, 0.2) is 0 Å². The normalized spacial score (nSPS) is 11.7. The Bertz CT molecular complexity index is 437. The molecule has 0 bridgehead atoms. The van der Waals surface area contributed by atoms with Crippen LogP contribution in [0.1, 0.15) is 271 Å². The van der Waals surface area contributed by atoms with Crippen molar-refractivity contribution in [3.05, 3.63) is 0 Å². The number of hydrogen-bond acceptors (Lipinski definition) is 1. The van der Waals surface area contributed by atoms with Crippen LogP contribution in [-0.2, 0) is 0 Å². The lowest BCUT2D eigenvalue weighted by Gasteiger charge is -2.30. The van der Waals surface area contributed by atoms with Crippen molar-refractivity contribution in [3.8, 4) is 0 Å². The van der Waals surface area contributed by atoms with Crippen molar-refractivity contribution in [2.75, 3.05) is 0 Å². The molecule has 0 unspecified atom stereocenters. The lowest BCUT2D eigenvalue weighted by Crippen LogP contribution is -2.39. The zero-order chi connectivity index (χ0) is 32.1. The van der Waals surface area contributed by atoms with Gasteiger partial charge in [0.05, 0.1) is 0 Å². The highest BCUT2D eigenvalue weighted by Gasteiger charge is 2.23. The van der Waals surface area contributed by atoms with Gasteiger partial charge in [-0.15, -0.1) is 12.4 Å². The van der Waals surface area contributed by atoms with E-state index in [2.05, 4.69) is 20.8 Å². The second-order valence-corrected chi connectivity index (χ2v) is 15.3. The second kappa shape index (κ2) is 40.4. The van der Waals surface area contributed by atoms with Crippen LogP contribution in [0.3, 0.4) is 0 Å². The topological polar surface area (TPSA) is 26.0 Å². The molecule has 0 fully saturated rings. The number of nitrogens with two attached hydrogens (primary N) is 1. The molecule has 0 aliphatic heterocycles. The lowest BCUT2D eigenvalue weighted by atomic mass is 9.82. The molecule has 0 aliphatic carbocycles. The van der Waals surface area contributed by atoms with Crippen molar-refractivity contribution in [1.29, 1.82) is 0 Å². The molecule has 1 nitrogen and oxygen atoms in total. The quantitative estimate of drug-likeness (QED) is 0.0655. The summed E-state index contributed by atoms with van der Waals surface area (Å²) in [7, 11) is 0. The summed E-state index contributed by atoms with van der Waals surface area (Å²) in [5.41, 5.74) is 7.31. The fourth-order valence-corrected chi connectivity index (χ4v) is 7.33. The largest absolute Gasteiger partial charge is 0.325 e. The zero-order valence-electron chi connectivity index (χ0n) is 32.1. The second-order valence-electron chi connectivity index (χ2n) is 15.3. The fraction of sp³-hybridized carbons (Fsp3) is 1.00. The third-order valence-electron chi connectivity index (χ3n) is 10.6. The van der Waals surface area contributed by atoms with E-state index >= 15 is 0 Å². The van der Waals surface area contributed by atoms with Crippen molar-refractivity contribution in [2.24, 2.45) is 5.73 Å². The first-order valence-electron chi connectivity index (χ1n) is 21.5. The molecule has 0 amide bonds. The molecule has 0 aromatic carbocycles. The third kappa shape index (κ3) is 38.6. The molecule has 0 saturated heterocycles. The Morgan fingerprint density at radius 3 is 0.533 bits per heavy atom. The predicted octanol–water partition coefficient (Wildman–Crippen LogP) is 16.4. The number of unbranched alkanes of at least 4 members (excludes halogenated alkanes) is 33. The molecule has 0 spiro atoms. The van der Waals surface area contributed by atoms with E-state index in [0.717, 1.165) is 0 Å². The van der Waals surface area contributed by atoms with Gasteiger partial charge in [0.2, 0.25) is 0 Å². The Balaban J connectivity index is 0. The van der Waals surface area contributed by atoms with Crippen LogP contribution in [0.15, 0.2) is 0 Å². The Morgan fingerprint density at radius 1 is 0.244 bits per heavy atom. The molecule has 0 aromatic heterocycles. The third-order valence-corrected chi connectivity index (χ3v) is 10.6. The van der Waals surface area contributed by atoms with Gasteiger partial charge in [-0.05, 0) is 19.3 Å². The SMILES string of the molecule is CCCCCCCCCCCCCCC(N)(CCCCCCCCCCCCCC)CCCCCCCCCCCCCC.Cl. The van der Waals surface area contributed by atoms with Crippen molar-refractivity contribution in [1.82, 2.24) is 0 Å². The molecule has 2 N–H and O–H groups in total. The maximum atomic E-state index is 7.19. The van der Waals surface area contributed by atoms with Crippen molar-refractivity contribution in [2.45, 2.75) is 277 Å². The summed E-state index contributed by atoms with van der Waals surface area (Å²) < 4.78 is 0. The van der Waals surface area contributed by atoms with Crippen LogP contribution in [0.25, 0.3) is 0 Å². The van der Waals surface area contributed by atoms with Crippen molar-refractivity contribution >= 4 is 12.4 Å². The summed E-state index contributed by atoms with van der Waals surface area (Å²) in [5, 5.41) is 0. The van der Waals surface area contributed by atoms with Crippen molar-refractivity contribution in [3.63, 3.8) is 0 Å². The van der Waals surface area contributed by atoms with Gasteiger partial charge in [-0.1, -0.05) is 252 Å². The number of rotatable bonds is 39. The van der Waals surface area contributed by atoms with Crippen LogP contribution in [0.2, 0.25) is 0 Å². The lowest BCUT2D eigenvalue weighted by molar-refractivity contribution is 0.302. The summed E-state index contributed by atoms with van der Waals surface area (Å²) in [6.07, 6.45) is 55.5. The minimum Gasteiger partial charge on any atom is -0.325 e. The first-order valence-corrected chi connectivity index (χ1v) is 21.5. The van der Waals surface area contributed by atoms with Crippen LogP contribution >= 0.6 is 12.4 Å². The molecule has 0 atom stereocenters. The maximum Gasteiger partial charge on any atom is 0.0154 e. The summed E-state index contributed by atoms with van der Waals surface area (Å²) >= 11 is 0. The predicted molar refractivity (Wildman–Crippen MR) is 211 cm³/mol. The molecule has 2 heteroatoms. The molecule has 0 rings (SSSR count). The van der Waals surface area contributed by atoms with Crippen LogP contribution in [-0.4, -0.2) is 5.54 Å². The van der Waals surface area contributed by atoms with E-state index in [1.54, 1.807) is 0 Å². The summed E-state index contributed by atoms with van der Waals surface area (Å²) in [6.45, 7) is 6.94. The highest BCUT2D eigenvalue weighted by atomic mass is 35.5. The molecule has 0 saturated carbocycles. The molecular weight excluding hydrogens is 566 g/mol. The van der Waals surface area contributed by atoms with E-state index in [9.17, 15) is 0 Å². The van der Waals surface area contributed by atoms with Gasteiger partial charge in [-0.3, -0.25) is 0 Å². The average Bonchev–Trinajstić information content (AvgIpc) is 3.02. The highest BCUT2D eigenvalue weighted by molar-refractivity contribution is 5.85. The van der Waals surface area contributed by atoms with E-state index in [1.807, 2.05) is 0 Å². The minimum atomic E-state index is 0. The first-order chi connectivity index (χ1) is 21.7. The molecule has 0 radical (unpaired) electrons. The van der Waals surface area contributed by atoms with E-state index in [1.165, 1.54) is 250 Å². The Morgan fingerprint density at radius 2 is 0.378 bits per heavy atom. The molecule has 274 valence electrons. The monoisotopic (exact) mass is 656 g/mol. The van der Waals surface area contributed by atoms with Gasteiger partial charge in [0, 0.05) is 5.54 Å². The molecule has 45 heavy (non-hydrogen) atoms. The first kappa shape index (κ1) is 47.4. The molecule has 0 aliphatic rings. The van der Waals surface area contributed by atoms with Gasteiger partial charge in [0.25, 0.3) is 0 Å². The van der Waals surface area contributed by atoms with E-state index in [0.29, 0.717) is 0 Å². The Hall–Kier alpha value is 0.250. The van der Waals surface area contributed by atoms with Crippen LogP contribution in [0.4, 0.5) is 0 Å². The standard InChI is InChI=1S/C43H89N.ClH/c1-4-7-10-13-16-19-22-25-28-31-34-37-40-43(44,41-38-35-32-29-26-23-20-17-14-11-8-5-2)42-39-36-33-30-27-24-21-18-15-12-9-6-3;/h4-42,44H2,1-3H3;1H. The van der Waals surface area contributed by atoms with Crippen molar-refractivity contribution < 1.29 is 0 Å². The summed E-state index contributed by atoms with van der Waals surface area (Å²) in [5.74, 6) is 0. The van der Waals surface area contributed by atoms with Gasteiger partial charge in [-0.2, -0.15) is 0 Å². The minimum absolute atomic E-state index is 0. The molecule has 0 aromatic rings. The number of halogens is 1. The van der Waals surface area contributed by atoms with Crippen LogP contribution in [0.5, 0.6) is 0 Å². The maximum absolute atomic E-state index is 7.19. The highest BCUT2D eigenvalue weighted by Crippen LogP contribution is 2.27. The van der Waals surface area contributed by atoms with E-state index < -0.39 is 0 Å². The number of hydrogen-bond donors (Lipinski definition) is 1. The van der Waals surface area contributed by atoms with Gasteiger partial charge < -0.3 is 5.73 Å². The molecular formula is C43H90ClN. The molecule has 0 heterocycles. The van der Waals surface area contributed by atoms with Gasteiger partial charge in [0.1, 0.15) is 0 Å². The zero-order valence-corrected chi connectivity index (χ0v) is 32.9. The van der Waals surface area contributed by atoms with E-state index in [4.69, 9.17) is 5.73 Å². The van der Waals surface area contributed by atoms with E-state index in [-0.39, 0.29) is 17.9 Å². The summed E-state index contributed by atoms with van der Waals surface area (Å²) in [6, 6.07) is 0. The van der Waals surface area contributed by atoms with Gasteiger partial charge >= 0.3 is 0 Å². The summed E-state index contributed by atoms with van der Waals surface area (Å²) in [4.78, 5) is 0. The smallest absolute Gasteiger partial charge is 0.0154 e.